The molecule has 1 unspecified atom stereocenters. The van der Waals surface area contributed by atoms with Crippen LogP contribution >= 0.6 is 0 Å². The van der Waals surface area contributed by atoms with Crippen molar-refractivity contribution in [2.45, 2.75) is 26.4 Å². The molecule has 1 aromatic heterocycles. The highest BCUT2D eigenvalue weighted by Crippen LogP contribution is 2.19. The van der Waals surface area contributed by atoms with E-state index in [0.717, 1.165) is 25.3 Å². The summed E-state index contributed by atoms with van der Waals surface area (Å²) in [6.07, 6.45) is 1.86. The maximum Gasteiger partial charge on any atom is 0.0543 e. The number of hydrogen-bond donors (Lipinski definition) is 1. The van der Waals surface area contributed by atoms with Crippen molar-refractivity contribution >= 4 is 0 Å². The monoisotopic (exact) mass is 283 g/mol. The normalized spacial score (nSPS) is 12.6. The first-order chi connectivity index (χ1) is 10.2. The smallest absolute Gasteiger partial charge is 0.0543 e. The van der Waals surface area contributed by atoms with Crippen LogP contribution in [0, 0.1) is 6.92 Å². The molecular formula is C18H25N3. The van der Waals surface area contributed by atoms with Gasteiger partial charge in [-0.25, -0.2) is 0 Å². The fourth-order valence-corrected chi connectivity index (χ4v) is 2.61. The summed E-state index contributed by atoms with van der Waals surface area (Å²) in [4.78, 5) is 6.85. The summed E-state index contributed by atoms with van der Waals surface area (Å²) in [5.74, 6) is 0. The third kappa shape index (κ3) is 4.38. The Balaban J connectivity index is 2.07. The Bertz CT molecular complexity index is 539. The molecule has 112 valence electrons. The first-order valence-electron chi connectivity index (χ1n) is 7.59. The van der Waals surface area contributed by atoms with E-state index < -0.39 is 0 Å². The minimum absolute atomic E-state index is 0.342. The summed E-state index contributed by atoms with van der Waals surface area (Å²) >= 11 is 0. The van der Waals surface area contributed by atoms with Gasteiger partial charge in [-0.2, -0.15) is 0 Å². The van der Waals surface area contributed by atoms with Gasteiger partial charge in [0.25, 0.3) is 0 Å². The maximum atomic E-state index is 4.43. The third-order valence-electron chi connectivity index (χ3n) is 3.91. The molecule has 0 radical (unpaired) electrons. The lowest BCUT2D eigenvalue weighted by molar-refractivity contribution is 0.247. The molecule has 0 spiro atoms. The van der Waals surface area contributed by atoms with E-state index in [2.05, 4.69) is 59.4 Å². The number of aromatic nitrogens is 1. The van der Waals surface area contributed by atoms with Gasteiger partial charge in [-0.1, -0.05) is 37.3 Å². The summed E-state index contributed by atoms with van der Waals surface area (Å²) in [5, 5.41) is 3.45. The Morgan fingerprint density at radius 1 is 1.14 bits per heavy atom. The van der Waals surface area contributed by atoms with Crippen molar-refractivity contribution in [3.05, 3.63) is 65.5 Å². The van der Waals surface area contributed by atoms with Gasteiger partial charge in [-0.3, -0.25) is 9.88 Å². The van der Waals surface area contributed by atoms with Crippen LogP contribution in [0.4, 0.5) is 0 Å². The maximum absolute atomic E-state index is 4.43. The third-order valence-corrected chi connectivity index (χ3v) is 3.91. The molecule has 0 aliphatic carbocycles. The number of pyridine rings is 1. The zero-order valence-corrected chi connectivity index (χ0v) is 13.2. The second-order valence-electron chi connectivity index (χ2n) is 5.35. The van der Waals surface area contributed by atoms with Crippen LogP contribution in [0.15, 0.2) is 48.7 Å². The number of hydrogen-bond acceptors (Lipinski definition) is 3. The van der Waals surface area contributed by atoms with Crippen molar-refractivity contribution in [2.24, 2.45) is 0 Å². The Kier molecular flexibility index (Phi) is 5.90. The fourth-order valence-electron chi connectivity index (χ4n) is 2.61. The molecule has 1 N–H and O–H groups in total. The number of nitrogens with one attached hydrogen (secondary N) is 1. The molecule has 2 rings (SSSR count). The lowest BCUT2D eigenvalue weighted by atomic mass is 10.0. The van der Waals surface area contributed by atoms with Crippen LogP contribution < -0.4 is 5.32 Å². The summed E-state index contributed by atoms with van der Waals surface area (Å²) < 4.78 is 0. The van der Waals surface area contributed by atoms with E-state index in [9.17, 15) is 0 Å². The zero-order valence-electron chi connectivity index (χ0n) is 13.2. The fraction of sp³-hybridized carbons (Fsp3) is 0.389. The summed E-state index contributed by atoms with van der Waals surface area (Å²) in [7, 11) is 2.03. The van der Waals surface area contributed by atoms with Crippen molar-refractivity contribution in [1.29, 1.82) is 0 Å². The molecule has 0 amide bonds. The van der Waals surface area contributed by atoms with Gasteiger partial charge in [0.05, 0.1) is 5.69 Å². The molecule has 3 nitrogen and oxygen atoms in total. The first-order valence-corrected chi connectivity index (χ1v) is 7.59. The largest absolute Gasteiger partial charge is 0.312 e. The molecule has 21 heavy (non-hydrogen) atoms. The second kappa shape index (κ2) is 7.91. The highest BCUT2D eigenvalue weighted by Gasteiger charge is 2.15. The molecule has 1 aromatic carbocycles. The predicted molar refractivity (Wildman–Crippen MR) is 88.2 cm³/mol. The van der Waals surface area contributed by atoms with E-state index in [1.165, 1.54) is 11.1 Å². The van der Waals surface area contributed by atoms with Crippen LogP contribution in [0.1, 0.15) is 29.8 Å². The predicted octanol–water partition coefficient (Wildman–Crippen LogP) is 3.17. The Labute approximate surface area is 128 Å². The summed E-state index contributed by atoms with van der Waals surface area (Å²) in [6.45, 7) is 7.26. The summed E-state index contributed by atoms with van der Waals surface area (Å²) in [5.41, 5.74) is 3.84. The SMILES string of the molecule is CCN(Cc1ccccn1)CC(NC)c1ccccc1C. The molecule has 0 aliphatic rings. The number of rotatable bonds is 7. The number of benzene rings is 1. The van der Waals surface area contributed by atoms with Gasteiger partial charge in [-0.05, 0) is 43.8 Å². The van der Waals surface area contributed by atoms with Crippen molar-refractivity contribution in [2.75, 3.05) is 20.1 Å². The van der Waals surface area contributed by atoms with Crippen molar-refractivity contribution < 1.29 is 0 Å². The first kappa shape index (κ1) is 15.7. The molecule has 0 saturated heterocycles. The minimum Gasteiger partial charge on any atom is -0.312 e. The van der Waals surface area contributed by atoms with E-state index in [1.54, 1.807) is 0 Å². The minimum atomic E-state index is 0.342. The zero-order chi connectivity index (χ0) is 15.1. The molecular weight excluding hydrogens is 258 g/mol. The van der Waals surface area contributed by atoms with E-state index in [1.807, 2.05) is 25.4 Å². The van der Waals surface area contributed by atoms with E-state index in [-0.39, 0.29) is 0 Å². The average molecular weight is 283 g/mol. The van der Waals surface area contributed by atoms with Crippen molar-refractivity contribution in [3.63, 3.8) is 0 Å². The average Bonchev–Trinajstić information content (AvgIpc) is 2.53. The van der Waals surface area contributed by atoms with Crippen molar-refractivity contribution in [1.82, 2.24) is 15.2 Å². The van der Waals surface area contributed by atoms with Crippen LogP contribution in [-0.2, 0) is 6.54 Å². The van der Waals surface area contributed by atoms with Crippen LogP contribution in [0.5, 0.6) is 0 Å². The molecule has 1 atom stereocenters. The van der Waals surface area contributed by atoms with Crippen LogP contribution in [0.25, 0.3) is 0 Å². The summed E-state index contributed by atoms with van der Waals surface area (Å²) in [6, 6.07) is 15.0. The quantitative estimate of drug-likeness (QED) is 0.846. The second-order valence-corrected chi connectivity index (χ2v) is 5.35. The molecule has 2 aromatic rings. The van der Waals surface area contributed by atoms with Gasteiger partial charge in [0, 0.05) is 25.3 Å². The van der Waals surface area contributed by atoms with E-state index in [0.29, 0.717) is 6.04 Å². The van der Waals surface area contributed by atoms with Crippen LogP contribution in [-0.4, -0.2) is 30.0 Å². The molecule has 0 bridgehead atoms. The van der Waals surface area contributed by atoms with Gasteiger partial charge in [0.15, 0.2) is 0 Å². The van der Waals surface area contributed by atoms with Gasteiger partial charge in [0.2, 0.25) is 0 Å². The molecule has 0 aliphatic heterocycles. The molecule has 0 fully saturated rings. The Hall–Kier alpha value is -1.71. The highest BCUT2D eigenvalue weighted by atomic mass is 15.1. The Morgan fingerprint density at radius 3 is 2.52 bits per heavy atom. The lowest BCUT2D eigenvalue weighted by Crippen LogP contribution is -2.34. The van der Waals surface area contributed by atoms with Gasteiger partial charge in [-0.15, -0.1) is 0 Å². The van der Waals surface area contributed by atoms with Gasteiger partial charge in [0.1, 0.15) is 0 Å². The highest BCUT2D eigenvalue weighted by molar-refractivity contribution is 5.29. The van der Waals surface area contributed by atoms with E-state index >= 15 is 0 Å². The molecule has 0 saturated carbocycles. The standard InChI is InChI=1S/C18H25N3/c1-4-21(13-16-10-7-8-12-20-16)14-18(19-3)17-11-6-5-9-15(17)2/h5-12,18-19H,4,13-14H2,1-3H3. The molecule has 3 heteroatoms. The van der Waals surface area contributed by atoms with Gasteiger partial charge >= 0.3 is 0 Å². The Morgan fingerprint density at radius 2 is 1.90 bits per heavy atom. The number of nitrogens with zero attached hydrogens (tertiary/aromatic N) is 2. The van der Waals surface area contributed by atoms with E-state index in [4.69, 9.17) is 0 Å². The number of likely N-dealkylation sites (N-methyl/N-ethyl adjacent to an activating group) is 2. The van der Waals surface area contributed by atoms with Crippen molar-refractivity contribution in [3.8, 4) is 0 Å². The van der Waals surface area contributed by atoms with Crippen LogP contribution in [0.2, 0.25) is 0 Å². The lowest BCUT2D eigenvalue weighted by Gasteiger charge is -2.27. The topological polar surface area (TPSA) is 28.2 Å². The molecule has 1 heterocycles. The van der Waals surface area contributed by atoms with Crippen LogP contribution in [0.3, 0.4) is 0 Å². The van der Waals surface area contributed by atoms with Gasteiger partial charge < -0.3 is 5.32 Å². The number of aryl methyl sites for hydroxylation is 1.